The van der Waals surface area contributed by atoms with E-state index in [0.29, 0.717) is 5.92 Å². The highest BCUT2D eigenvalue weighted by molar-refractivity contribution is 5.51. The molecule has 17 heavy (non-hydrogen) atoms. The summed E-state index contributed by atoms with van der Waals surface area (Å²) in [5.74, 6) is 1.45. The second-order valence-electron chi connectivity index (χ2n) is 5.58. The van der Waals surface area contributed by atoms with Crippen LogP contribution < -0.4 is 0 Å². The molecule has 0 heteroatoms. The number of rotatable bonds is 3. The van der Waals surface area contributed by atoms with Crippen LogP contribution in [0.1, 0.15) is 63.0 Å². The van der Waals surface area contributed by atoms with Gasteiger partial charge < -0.3 is 0 Å². The molecule has 0 spiro atoms. The first-order chi connectivity index (χ1) is 8.25. The van der Waals surface area contributed by atoms with Gasteiger partial charge in [-0.25, -0.2) is 0 Å². The Balaban J connectivity index is 2.01. The summed E-state index contributed by atoms with van der Waals surface area (Å²) >= 11 is 0. The number of hydrogen-bond donors (Lipinski definition) is 0. The van der Waals surface area contributed by atoms with Gasteiger partial charge in [0.2, 0.25) is 0 Å². The third-order valence-electron chi connectivity index (χ3n) is 3.79. The van der Waals surface area contributed by atoms with Gasteiger partial charge in [-0.05, 0) is 35.8 Å². The molecule has 0 aromatic heterocycles. The molecular formula is C17H24. The van der Waals surface area contributed by atoms with Gasteiger partial charge in [0.25, 0.3) is 0 Å². The van der Waals surface area contributed by atoms with Crippen molar-refractivity contribution in [1.29, 1.82) is 0 Å². The highest BCUT2D eigenvalue weighted by Gasteiger charge is 2.09. The first-order valence-electron chi connectivity index (χ1n) is 7.04. The zero-order chi connectivity index (χ0) is 12.1. The maximum Gasteiger partial charge on any atom is -0.0219 e. The monoisotopic (exact) mass is 228 g/mol. The van der Waals surface area contributed by atoms with Crippen LogP contribution in [0.5, 0.6) is 0 Å². The average Bonchev–Trinajstić information content (AvgIpc) is 2.38. The minimum Gasteiger partial charge on any atom is -0.0808 e. The van der Waals surface area contributed by atoms with Crippen LogP contribution in [0.2, 0.25) is 0 Å². The molecule has 92 valence electrons. The van der Waals surface area contributed by atoms with Gasteiger partial charge in [-0.15, -0.1) is 0 Å². The molecule has 1 aliphatic carbocycles. The van der Waals surface area contributed by atoms with Crippen molar-refractivity contribution in [3.63, 3.8) is 0 Å². The van der Waals surface area contributed by atoms with Crippen molar-refractivity contribution in [3.8, 4) is 0 Å². The molecule has 1 fully saturated rings. The van der Waals surface area contributed by atoms with Gasteiger partial charge in [-0.1, -0.05) is 69.5 Å². The molecular weight excluding hydrogens is 204 g/mol. The summed E-state index contributed by atoms with van der Waals surface area (Å²) in [5.41, 5.74) is 2.80. The van der Waals surface area contributed by atoms with Gasteiger partial charge in [-0.3, -0.25) is 0 Å². The van der Waals surface area contributed by atoms with E-state index in [1.807, 2.05) is 0 Å². The Morgan fingerprint density at radius 1 is 1.12 bits per heavy atom. The van der Waals surface area contributed by atoms with Gasteiger partial charge in [0.1, 0.15) is 0 Å². The Morgan fingerprint density at radius 3 is 2.59 bits per heavy atom. The smallest absolute Gasteiger partial charge is 0.0219 e. The van der Waals surface area contributed by atoms with Crippen molar-refractivity contribution in [2.24, 2.45) is 5.92 Å². The van der Waals surface area contributed by atoms with E-state index >= 15 is 0 Å². The van der Waals surface area contributed by atoms with E-state index in [2.05, 4.69) is 50.3 Å². The fraction of sp³-hybridized carbons (Fsp3) is 0.529. The molecule has 2 rings (SSSR count). The lowest BCUT2D eigenvalue weighted by Crippen LogP contribution is -2.02. The van der Waals surface area contributed by atoms with E-state index in [4.69, 9.17) is 0 Å². The highest BCUT2D eigenvalue weighted by atomic mass is 14.1. The van der Waals surface area contributed by atoms with Crippen molar-refractivity contribution in [2.45, 2.75) is 51.9 Å². The zero-order valence-electron chi connectivity index (χ0n) is 11.2. The molecule has 0 N–H and O–H groups in total. The first-order valence-corrected chi connectivity index (χ1v) is 7.04. The Morgan fingerprint density at radius 2 is 1.88 bits per heavy atom. The minimum atomic E-state index is 0.623. The standard InChI is InChI=1S/C17H24/c1-14(2)17-10-6-9-16(13-17)12-11-15-7-4-3-5-8-15/h6,9-15H,3-5,7-8H2,1-2H3/b12-11+. The molecule has 1 saturated carbocycles. The van der Waals surface area contributed by atoms with Crippen LogP contribution in [-0.2, 0) is 0 Å². The van der Waals surface area contributed by atoms with Gasteiger partial charge in [0.15, 0.2) is 0 Å². The molecule has 1 aromatic carbocycles. The topological polar surface area (TPSA) is 0 Å². The second-order valence-corrected chi connectivity index (χ2v) is 5.58. The minimum absolute atomic E-state index is 0.623. The normalized spacial score (nSPS) is 18.1. The lowest BCUT2D eigenvalue weighted by atomic mass is 9.88. The molecule has 0 heterocycles. The summed E-state index contributed by atoms with van der Waals surface area (Å²) in [7, 11) is 0. The number of benzene rings is 1. The highest BCUT2D eigenvalue weighted by Crippen LogP contribution is 2.25. The third-order valence-corrected chi connectivity index (χ3v) is 3.79. The Labute approximate surface area is 106 Å². The van der Waals surface area contributed by atoms with E-state index in [1.165, 1.54) is 43.2 Å². The Kier molecular flexibility index (Phi) is 4.42. The molecule has 0 aliphatic heterocycles. The summed E-state index contributed by atoms with van der Waals surface area (Å²) in [6, 6.07) is 8.94. The van der Waals surface area contributed by atoms with Gasteiger partial charge >= 0.3 is 0 Å². The Hall–Kier alpha value is -1.04. The van der Waals surface area contributed by atoms with Gasteiger partial charge in [0.05, 0.1) is 0 Å². The molecule has 0 unspecified atom stereocenters. The van der Waals surface area contributed by atoms with Crippen molar-refractivity contribution in [2.75, 3.05) is 0 Å². The number of allylic oxidation sites excluding steroid dienone is 1. The predicted molar refractivity (Wildman–Crippen MR) is 76.1 cm³/mol. The first kappa shape index (κ1) is 12.4. The molecule has 0 bridgehead atoms. The van der Waals surface area contributed by atoms with Gasteiger partial charge in [-0.2, -0.15) is 0 Å². The predicted octanol–water partition coefficient (Wildman–Crippen LogP) is 5.40. The van der Waals surface area contributed by atoms with Crippen LogP contribution in [0.4, 0.5) is 0 Å². The molecule has 0 radical (unpaired) electrons. The molecule has 1 aromatic rings. The van der Waals surface area contributed by atoms with Crippen LogP contribution in [0.3, 0.4) is 0 Å². The molecule has 0 saturated heterocycles. The van der Waals surface area contributed by atoms with Crippen LogP contribution in [-0.4, -0.2) is 0 Å². The average molecular weight is 228 g/mol. The SMILES string of the molecule is CC(C)c1cccc(/C=C/C2CCCCC2)c1. The van der Waals surface area contributed by atoms with E-state index in [-0.39, 0.29) is 0 Å². The summed E-state index contributed by atoms with van der Waals surface area (Å²) in [6.07, 6.45) is 11.8. The molecule has 0 atom stereocenters. The lowest BCUT2D eigenvalue weighted by Gasteiger charge is -2.17. The molecule has 0 nitrogen and oxygen atoms in total. The van der Waals surface area contributed by atoms with Gasteiger partial charge in [0, 0.05) is 0 Å². The summed E-state index contributed by atoms with van der Waals surface area (Å²) in [6.45, 7) is 4.51. The third kappa shape index (κ3) is 3.73. The molecule has 0 amide bonds. The van der Waals surface area contributed by atoms with E-state index in [9.17, 15) is 0 Å². The fourth-order valence-electron chi connectivity index (χ4n) is 2.60. The fourth-order valence-corrected chi connectivity index (χ4v) is 2.60. The summed E-state index contributed by atoms with van der Waals surface area (Å²) in [5, 5.41) is 0. The summed E-state index contributed by atoms with van der Waals surface area (Å²) < 4.78 is 0. The van der Waals surface area contributed by atoms with Crippen molar-refractivity contribution in [3.05, 3.63) is 41.5 Å². The summed E-state index contributed by atoms with van der Waals surface area (Å²) in [4.78, 5) is 0. The largest absolute Gasteiger partial charge is 0.0808 e. The van der Waals surface area contributed by atoms with Crippen LogP contribution >= 0.6 is 0 Å². The van der Waals surface area contributed by atoms with E-state index in [0.717, 1.165) is 5.92 Å². The van der Waals surface area contributed by atoms with Crippen LogP contribution in [0.15, 0.2) is 30.3 Å². The van der Waals surface area contributed by atoms with Crippen molar-refractivity contribution < 1.29 is 0 Å². The van der Waals surface area contributed by atoms with Crippen molar-refractivity contribution in [1.82, 2.24) is 0 Å². The van der Waals surface area contributed by atoms with E-state index in [1.54, 1.807) is 0 Å². The maximum absolute atomic E-state index is 2.43. The quantitative estimate of drug-likeness (QED) is 0.649. The number of hydrogen-bond acceptors (Lipinski definition) is 0. The Bertz CT molecular complexity index is 367. The second kappa shape index (κ2) is 6.05. The lowest BCUT2D eigenvalue weighted by molar-refractivity contribution is 0.420. The van der Waals surface area contributed by atoms with Crippen LogP contribution in [0.25, 0.3) is 6.08 Å². The van der Waals surface area contributed by atoms with Crippen LogP contribution in [0, 0.1) is 5.92 Å². The zero-order valence-corrected chi connectivity index (χ0v) is 11.2. The van der Waals surface area contributed by atoms with Crippen molar-refractivity contribution >= 4 is 6.08 Å². The maximum atomic E-state index is 2.43. The molecule has 1 aliphatic rings. The van der Waals surface area contributed by atoms with E-state index < -0.39 is 0 Å².